The van der Waals surface area contributed by atoms with E-state index in [0.29, 0.717) is 19.3 Å². The first-order valence-corrected chi connectivity index (χ1v) is 15.2. The van der Waals surface area contributed by atoms with Crippen molar-refractivity contribution in [3.63, 3.8) is 0 Å². The second-order valence-corrected chi connectivity index (χ2v) is 9.11. The van der Waals surface area contributed by atoms with Crippen LogP contribution in [0.4, 0.5) is 0 Å². The maximum absolute atomic E-state index is 10.7. The Labute approximate surface area is 277 Å². The second kappa shape index (κ2) is 30.6. The van der Waals surface area contributed by atoms with E-state index in [2.05, 4.69) is 49.9 Å². The van der Waals surface area contributed by atoms with Gasteiger partial charge in [-0.3, -0.25) is 4.79 Å². The third-order valence-electron chi connectivity index (χ3n) is 5.52. The number of esters is 1. The fourth-order valence-corrected chi connectivity index (χ4v) is 3.38. The molecule has 0 aromatic heterocycles. The lowest BCUT2D eigenvalue weighted by molar-refractivity contribution is -0.143. The third kappa shape index (κ3) is 25.8. The van der Waals surface area contributed by atoms with E-state index in [4.69, 9.17) is 34.2 Å². The lowest BCUT2D eigenvalue weighted by atomic mass is 10.1. The van der Waals surface area contributed by atoms with Crippen molar-refractivity contribution in [2.75, 3.05) is 0 Å². The van der Waals surface area contributed by atoms with Crippen molar-refractivity contribution in [2.24, 2.45) is 0 Å². The topological polar surface area (TPSA) is 66.8 Å². The molecular weight excluding hydrogens is 582 g/mol. The van der Waals surface area contributed by atoms with E-state index in [0.717, 1.165) is 24.5 Å². The van der Waals surface area contributed by atoms with Gasteiger partial charge < -0.3 is 27.0 Å². The number of carbonyl (C=O) groups excluding carboxylic acids is 1. The Balaban J connectivity index is 0. The summed E-state index contributed by atoms with van der Waals surface area (Å²) in [5.41, 5.74) is 3.63. The molecule has 228 valence electrons. The molecule has 0 heterocycles. The van der Waals surface area contributed by atoms with E-state index in [-0.39, 0.29) is 5.97 Å². The number of aliphatic hydroxyl groups excluding tert-OH is 2. The largest absolute Gasteiger partial charge is 0.449 e. The Kier molecular flexibility index (Phi) is 29.4. The molecule has 1 unspecified atom stereocenters. The van der Waals surface area contributed by atoms with Crippen LogP contribution in [0.15, 0.2) is 91.0 Å². The van der Waals surface area contributed by atoms with Crippen LogP contribution < -0.4 is 0 Å². The minimum atomic E-state index is -0.606. The summed E-state index contributed by atoms with van der Waals surface area (Å²) >= 11 is 8.13. The Morgan fingerprint density at radius 2 is 1.05 bits per heavy atom. The highest BCUT2D eigenvalue weighted by Crippen LogP contribution is 2.07. The Bertz CT molecular complexity index is 1200. The summed E-state index contributed by atoms with van der Waals surface area (Å²) in [5.74, 6) is 6.71. The number of benzene rings is 3. The predicted octanol–water partition coefficient (Wildman–Crippen LogP) is 5.25. The van der Waals surface area contributed by atoms with Crippen molar-refractivity contribution in [3.8, 4) is 37.0 Å². The maximum Gasteiger partial charge on any atom is 0.303 e. The van der Waals surface area contributed by atoms with E-state index in [1.807, 2.05) is 91.0 Å². The lowest BCUT2D eigenvalue weighted by Gasteiger charge is -2.10. The summed E-state index contributed by atoms with van der Waals surface area (Å²) < 4.78 is 4.95. The fraction of sp³-hybridized carbons (Fsp3) is 0.278. The van der Waals surface area contributed by atoms with Gasteiger partial charge in [-0.05, 0) is 55.2 Å². The zero-order valence-corrected chi connectivity index (χ0v) is 27.2. The average molecular weight is 623 g/mol. The number of rotatable bonds is 10. The van der Waals surface area contributed by atoms with Crippen LogP contribution in [0.25, 0.3) is 0 Å². The molecule has 3 aromatic rings. The van der Waals surface area contributed by atoms with Crippen LogP contribution in [0.5, 0.6) is 0 Å². The molecule has 4 nitrogen and oxygen atoms in total. The highest BCUT2D eigenvalue weighted by Gasteiger charge is 2.08. The van der Waals surface area contributed by atoms with Crippen LogP contribution in [0.2, 0.25) is 0 Å². The molecule has 8 heteroatoms. The van der Waals surface area contributed by atoms with Gasteiger partial charge in [-0.15, -0.1) is 38.2 Å². The molecule has 3 rings (SSSR count). The molecule has 0 spiro atoms. The van der Waals surface area contributed by atoms with Crippen molar-refractivity contribution in [1.82, 2.24) is 0 Å². The number of aliphatic hydroxyl groups is 2. The van der Waals surface area contributed by atoms with E-state index in [1.54, 1.807) is 6.72 Å². The van der Waals surface area contributed by atoms with E-state index in [1.165, 1.54) is 23.6 Å². The van der Waals surface area contributed by atoms with E-state index in [9.17, 15) is 4.79 Å². The molecule has 0 saturated carbocycles. The maximum atomic E-state index is 10.7. The number of carbonyl (C=O) groups is 1. The molecule has 2 N–H and O–H groups in total. The van der Waals surface area contributed by atoms with Crippen molar-refractivity contribution >= 4 is 50.1 Å². The van der Waals surface area contributed by atoms with Gasteiger partial charge in [0.1, 0.15) is 20.1 Å². The number of thiocarbonyl (C=S) groups is 1. The molecule has 44 heavy (non-hydrogen) atoms. The SMILES string of the molecule is C#CC(O)CCc1ccccc1.C#C[C@@H](O)CCc1ccccc1.C#C[C@H](CCc1ccccc1)OC(C)=O.[BH2-]=S.[B]C=S. The molecule has 0 aliphatic heterocycles. The quantitative estimate of drug-likeness (QED) is 0.139. The van der Waals surface area contributed by atoms with Gasteiger partial charge >= 0.3 is 5.97 Å². The summed E-state index contributed by atoms with van der Waals surface area (Å²) in [6, 6.07) is 30.0. The van der Waals surface area contributed by atoms with Crippen LogP contribution in [-0.2, 0) is 28.8 Å². The van der Waals surface area contributed by atoms with Crippen molar-refractivity contribution in [3.05, 3.63) is 108 Å². The molecule has 2 radical (unpaired) electrons. The number of aryl methyl sites for hydroxylation is 3. The number of hydrogen-bond donors (Lipinski definition) is 2. The molecule has 0 fully saturated rings. The molecule has 3 atom stereocenters. The standard InChI is InChI=1S/C13H14O2.2C11H12O.CHBS.BH2S/c1-3-13(15-11(2)14)10-9-12-7-5-4-6-8-12;2*1-2-11(12)9-8-10-6-4-3-5-7-10;2-1-3;1-2/h1,4-8,13H,9-10H2,2H3;2*1,3-7,11-12H,8-9H2;1H;1H2/q;;;;-1/t13-;11-;;;/m11.../s1. The van der Waals surface area contributed by atoms with Crippen LogP contribution in [0, 0.1) is 37.0 Å². The van der Waals surface area contributed by atoms with Crippen LogP contribution in [0.1, 0.15) is 42.9 Å². The molecule has 0 aliphatic rings. The van der Waals surface area contributed by atoms with E-state index >= 15 is 0 Å². The average Bonchev–Trinajstić information content (AvgIpc) is 3.07. The van der Waals surface area contributed by atoms with Gasteiger partial charge in [0, 0.05) is 6.92 Å². The van der Waals surface area contributed by atoms with Gasteiger partial charge in [0.25, 0.3) is 0 Å². The van der Waals surface area contributed by atoms with Crippen molar-refractivity contribution in [1.29, 1.82) is 0 Å². The Hall–Kier alpha value is -3.83. The number of hydrogen-bond acceptors (Lipinski definition) is 6. The molecule has 0 aliphatic carbocycles. The molecular formula is C36H41B2O4S2-. The van der Waals surface area contributed by atoms with E-state index < -0.39 is 18.3 Å². The van der Waals surface area contributed by atoms with Gasteiger partial charge in [-0.2, -0.15) is 0 Å². The van der Waals surface area contributed by atoms with Crippen molar-refractivity contribution in [2.45, 2.75) is 63.8 Å². The van der Waals surface area contributed by atoms with Gasteiger partial charge in [0.2, 0.25) is 0 Å². The minimum absolute atomic E-state index is 0.328. The smallest absolute Gasteiger partial charge is 0.303 e. The second-order valence-electron chi connectivity index (χ2n) is 8.84. The Morgan fingerprint density at radius 1 is 0.750 bits per heavy atom. The first kappa shape index (κ1) is 42.3. The van der Waals surface area contributed by atoms with Gasteiger partial charge in [0.15, 0.2) is 6.10 Å². The molecule has 0 bridgehead atoms. The number of terminal acetylenes is 3. The fourth-order valence-electron chi connectivity index (χ4n) is 3.38. The van der Waals surface area contributed by atoms with Crippen molar-refractivity contribution < 1.29 is 19.7 Å². The Morgan fingerprint density at radius 3 is 1.30 bits per heavy atom. The first-order valence-electron chi connectivity index (χ1n) is 13.9. The lowest BCUT2D eigenvalue weighted by Crippen LogP contribution is -2.14. The molecule has 0 amide bonds. The highest BCUT2D eigenvalue weighted by atomic mass is 32.1. The third-order valence-corrected chi connectivity index (χ3v) is 5.52. The molecule has 3 aromatic carbocycles. The summed E-state index contributed by atoms with van der Waals surface area (Å²) in [6.45, 7) is 2.95. The minimum Gasteiger partial charge on any atom is -0.449 e. The summed E-state index contributed by atoms with van der Waals surface area (Å²) in [5, 5.41) is 19.2. The summed E-state index contributed by atoms with van der Waals surface area (Å²) in [7, 11) is 4.54. The normalized spacial score (nSPS) is 10.8. The zero-order valence-electron chi connectivity index (χ0n) is 25.5. The van der Waals surface area contributed by atoms with Crippen LogP contribution in [0.3, 0.4) is 0 Å². The van der Waals surface area contributed by atoms with Gasteiger partial charge in [-0.25, -0.2) is 0 Å². The number of ether oxygens (including phenoxy) is 1. The monoisotopic (exact) mass is 623 g/mol. The van der Waals surface area contributed by atoms with Crippen LogP contribution >= 0.6 is 24.3 Å². The van der Waals surface area contributed by atoms with Gasteiger partial charge in [0.05, 0.1) is 0 Å². The summed E-state index contributed by atoms with van der Waals surface area (Å²) in [4.78, 5) is 10.7. The van der Waals surface area contributed by atoms with Crippen LogP contribution in [-0.4, -0.2) is 54.3 Å². The first-order chi connectivity index (χ1) is 21.3. The summed E-state index contributed by atoms with van der Waals surface area (Å²) in [6.07, 6.45) is 18.2. The highest BCUT2D eigenvalue weighted by molar-refractivity contribution is 7.83. The van der Waals surface area contributed by atoms with Gasteiger partial charge in [-0.1, -0.05) is 114 Å². The predicted molar refractivity (Wildman–Crippen MR) is 194 cm³/mol. The molecule has 0 saturated heterocycles. The zero-order chi connectivity index (χ0) is 33.4.